The third-order valence-corrected chi connectivity index (χ3v) is 2.21. The van der Waals surface area contributed by atoms with E-state index in [1.807, 2.05) is 7.05 Å². The molecule has 10 heavy (non-hydrogen) atoms. The topological polar surface area (TPSA) is 20.3 Å². The van der Waals surface area contributed by atoms with E-state index in [2.05, 4.69) is 11.8 Å². The highest BCUT2D eigenvalue weighted by molar-refractivity contribution is 5.51. The van der Waals surface area contributed by atoms with Gasteiger partial charge in [0.1, 0.15) is 6.29 Å². The number of aldehydes is 1. The molecule has 0 N–H and O–H groups in total. The molecule has 2 unspecified atom stereocenters. The first-order valence-electron chi connectivity index (χ1n) is 3.86. The average Bonchev–Trinajstić information content (AvgIpc) is 2.47. The minimum absolute atomic E-state index is 0.587. The Labute approximate surface area is 62.2 Å². The molecule has 0 heterocycles. The van der Waals surface area contributed by atoms with Crippen LogP contribution in [0.3, 0.4) is 0 Å². The molecule has 0 amide bonds. The van der Waals surface area contributed by atoms with E-state index in [0.717, 1.165) is 24.7 Å². The molecule has 58 valence electrons. The lowest BCUT2D eigenvalue weighted by atomic mass is 10.3. The second-order valence-electron chi connectivity index (χ2n) is 3.36. The second-order valence-corrected chi connectivity index (χ2v) is 3.36. The Kier molecular flexibility index (Phi) is 2.44. The van der Waals surface area contributed by atoms with E-state index in [-0.39, 0.29) is 0 Å². The van der Waals surface area contributed by atoms with Gasteiger partial charge in [-0.1, -0.05) is 6.92 Å². The van der Waals surface area contributed by atoms with Crippen LogP contribution in [-0.4, -0.2) is 31.3 Å². The van der Waals surface area contributed by atoms with Crippen LogP contribution in [0.25, 0.3) is 0 Å². The van der Waals surface area contributed by atoms with Crippen molar-refractivity contribution in [3.05, 3.63) is 0 Å². The van der Waals surface area contributed by atoms with E-state index in [9.17, 15) is 4.79 Å². The summed E-state index contributed by atoms with van der Waals surface area (Å²) >= 11 is 0. The predicted octanol–water partition coefficient (Wildman–Crippen LogP) is 0.773. The van der Waals surface area contributed by atoms with Crippen molar-refractivity contribution >= 4 is 6.29 Å². The second kappa shape index (κ2) is 3.15. The predicted molar refractivity (Wildman–Crippen MR) is 40.8 cm³/mol. The number of rotatable bonds is 4. The van der Waals surface area contributed by atoms with Gasteiger partial charge < -0.3 is 4.79 Å². The molecular formula is C8H15NO. The molecule has 0 bridgehead atoms. The molecule has 0 aliphatic heterocycles. The third-order valence-electron chi connectivity index (χ3n) is 2.21. The van der Waals surface area contributed by atoms with Crippen LogP contribution in [0.15, 0.2) is 0 Å². The normalized spacial score (nSPS) is 30.7. The number of carbonyl (C=O) groups is 1. The standard InChI is InChI=1S/C8H15NO/c1-7-5-8(7)6-9(2)3-4-10/h4,7-8H,3,5-6H2,1-2H3. The third kappa shape index (κ3) is 2.10. The zero-order valence-electron chi connectivity index (χ0n) is 6.71. The van der Waals surface area contributed by atoms with E-state index in [1.54, 1.807) is 0 Å². The summed E-state index contributed by atoms with van der Waals surface area (Å²) in [5, 5.41) is 0. The molecule has 0 radical (unpaired) electrons. The van der Waals surface area contributed by atoms with Gasteiger partial charge in [-0.25, -0.2) is 0 Å². The zero-order valence-corrected chi connectivity index (χ0v) is 6.71. The molecule has 2 nitrogen and oxygen atoms in total. The van der Waals surface area contributed by atoms with Crippen LogP contribution in [0.1, 0.15) is 13.3 Å². The maximum atomic E-state index is 10.1. The molecule has 1 rings (SSSR count). The maximum Gasteiger partial charge on any atom is 0.133 e. The Morgan fingerprint density at radius 1 is 1.70 bits per heavy atom. The molecule has 0 aromatic rings. The highest BCUT2D eigenvalue weighted by Crippen LogP contribution is 2.37. The summed E-state index contributed by atoms with van der Waals surface area (Å²) in [6, 6.07) is 0. The van der Waals surface area contributed by atoms with Crippen LogP contribution in [0.4, 0.5) is 0 Å². The van der Waals surface area contributed by atoms with Gasteiger partial charge in [-0.15, -0.1) is 0 Å². The summed E-state index contributed by atoms with van der Waals surface area (Å²) in [5.41, 5.74) is 0. The van der Waals surface area contributed by atoms with Gasteiger partial charge in [0, 0.05) is 6.54 Å². The number of hydrogen-bond donors (Lipinski definition) is 0. The lowest BCUT2D eigenvalue weighted by Gasteiger charge is -2.11. The first-order chi connectivity index (χ1) is 4.74. The fraction of sp³-hybridized carbons (Fsp3) is 0.875. The molecule has 0 aromatic heterocycles. The van der Waals surface area contributed by atoms with Crippen molar-refractivity contribution in [2.45, 2.75) is 13.3 Å². The quantitative estimate of drug-likeness (QED) is 0.539. The van der Waals surface area contributed by atoms with E-state index in [4.69, 9.17) is 0 Å². The first-order valence-corrected chi connectivity index (χ1v) is 3.86. The minimum atomic E-state index is 0.587. The van der Waals surface area contributed by atoms with E-state index >= 15 is 0 Å². The molecule has 0 saturated heterocycles. The van der Waals surface area contributed by atoms with Crippen LogP contribution in [-0.2, 0) is 4.79 Å². The lowest BCUT2D eigenvalue weighted by molar-refractivity contribution is -0.108. The van der Waals surface area contributed by atoms with Crippen molar-refractivity contribution in [1.29, 1.82) is 0 Å². The highest BCUT2D eigenvalue weighted by atomic mass is 16.1. The number of hydrogen-bond acceptors (Lipinski definition) is 2. The van der Waals surface area contributed by atoms with Gasteiger partial charge in [-0.05, 0) is 25.3 Å². The van der Waals surface area contributed by atoms with E-state index in [0.29, 0.717) is 6.54 Å². The molecule has 1 saturated carbocycles. The van der Waals surface area contributed by atoms with Crippen LogP contribution < -0.4 is 0 Å². The maximum absolute atomic E-state index is 10.1. The zero-order chi connectivity index (χ0) is 7.56. The van der Waals surface area contributed by atoms with Gasteiger partial charge in [0.25, 0.3) is 0 Å². The summed E-state index contributed by atoms with van der Waals surface area (Å²) in [5.74, 6) is 1.76. The number of likely N-dealkylation sites (N-methyl/N-ethyl adjacent to an activating group) is 1. The molecule has 1 fully saturated rings. The summed E-state index contributed by atoms with van der Waals surface area (Å²) in [6.45, 7) is 3.95. The number of nitrogens with zero attached hydrogens (tertiary/aromatic N) is 1. The Balaban J connectivity index is 2.06. The van der Waals surface area contributed by atoms with Crippen molar-refractivity contribution in [2.75, 3.05) is 20.1 Å². The molecule has 0 aromatic carbocycles. The summed E-state index contributed by atoms with van der Waals surface area (Å²) in [4.78, 5) is 12.1. The van der Waals surface area contributed by atoms with E-state index in [1.165, 1.54) is 6.42 Å². The van der Waals surface area contributed by atoms with Crippen molar-refractivity contribution < 1.29 is 4.79 Å². The molecule has 1 aliphatic rings. The van der Waals surface area contributed by atoms with Gasteiger partial charge in [-0.2, -0.15) is 0 Å². The first kappa shape index (κ1) is 7.73. The largest absolute Gasteiger partial charge is 0.302 e. The molecule has 1 aliphatic carbocycles. The highest BCUT2D eigenvalue weighted by Gasteiger charge is 2.32. The van der Waals surface area contributed by atoms with Crippen molar-refractivity contribution in [1.82, 2.24) is 4.90 Å². The molecule has 0 spiro atoms. The molecule has 2 heteroatoms. The van der Waals surface area contributed by atoms with Crippen LogP contribution >= 0.6 is 0 Å². The smallest absolute Gasteiger partial charge is 0.133 e. The average molecular weight is 141 g/mol. The summed E-state index contributed by atoms with van der Waals surface area (Å²) in [6.07, 6.45) is 2.32. The van der Waals surface area contributed by atoms with Crippen molar-refractivity contribution in [3.8, 4) is 0 Å². The van der Waals surface area contributed by atoms with Crippen LogP contribution in [0.2, 0.25) is 0 Å². The van der Waals surface area contributed by atoms with E-state index < -0.39 is 0 Å². The Hall–Kier alpha value is -0.370. The Morgan fingerprint density at radius 3 is 2.70 bits per heavy atom. The van der Waals surface area contributed by atoms with Crippen molar-refractivity contribution in [2.24, 2.45) is 11.8 Å². The fourth-order valence-corrected chi connectivity index (χ4v) is 1.26. The van der Waals surface area contributed by atoms with Gasteiger partial charge >= 0.3 is 0 Å². The summed E-state index contributed by atoms with van der Waals surface area (Å²) in [7, 11) is 2.00. The fourth-order valence-electron chi connectivity index (χ4n) is 1.26. The SMILES string of the molecule is CC1CC1CN(C)CC=O. The van der Waals surface area contributed by atoms with Gasteiger partial charge in [0.15, 0.2) is 0 Å². The number of carbonyl (C=O) groups excluding carboxylic acids is 1. The Morgan fingerprint density at radius 2 is 2.30 bits per heavy atom. The lowest BCUT2D eigenvalue weighted by Crippen LogP contribution is -2.23. The van der Waals surface area contributed by atoms with Crippen LogP contribution in [0.5, 0.6) is 0 Å². The van der Waals surface area contributed by atoms with Crippen molar-refractivity contribution in [3.63, 3.8) is 0 Å². The Bertz CT molecular complexity index is 124. The monoisotopic (exact) mass is 141 g/mol. The molecular weight excluding hydrogens is 126 g/mol. The van der Waals surface area contributed by atoms with Gasteiger partial charge in [0.2, 0.25) is 0 Å². The summed E-state index contributed by atoms with van der Waals surface area (Å²) < 4.78 is 0. The molecule has 2 atom stereocenters. The van der Waals surface area contributed by atoms with Gasteiger partial charge in [-0.3, -0.25) is 4.90 Å². The van der Waals surface area contributed by atoms with Crippen LogP contribution in [0, 0.1) is 11.8 Å². The minimum Gasteiger partial charge on any atom is -0.302 e. The van der Waals surface area contributed by atoms with Gasteiger partial charge in [0.05, 0.1) is 6.54 Å².